The van der Waals surface area contributed by atoms with Crippen molar-refractivity contribution >= 4 is 75.5 Å². The molecule has 0 fully saturated rings. The van der Waals surface area contributed by atoms with Gasteiger partial charge in [-0.1, -0.05) is 106 Å². The van der Waals surface area contributed by atoms with Crippen molar-refractivity contribution in [3.63, 3.8) is 0 Å². The molecule has 0 unspecified atom stereocenters. The summed E-state index contributed by atoms with van der Waals surface area (Å²) >= 11 is 26.1. The lowest BCUT2D eigenvalue weighted by Crippen LogP contribution is -2.40. The van der Waals surface area contributed by atoms with Crippen LogP contribution < -0.4 is 19.6 Å². The van der Waals surface area contributed by atoms with Crippen LogP contribution in [0.2, 0.25) is 20.1 Å². The summed E-state index contributed by atoms with van der Waals surface area (Å²) in [6.45, 7) is 2.10. The predicted octanol–water partition coefficient (Wildman–Crippen LogP) is 8.13. The van der Waals surface area contributed by atoms with Gasteiger partial charge in [0.1, 0.15) is 12.4 Å². The molecule has 1 atom stereocenters. The summed E-state index contributed by atoms with van der Waals surface area (Å²) in [7, 11) is 0. The van der Waals surface area contributed by atoms with Crippen LogP contribution >= 0.6 is 57.7 Å². The zero-order valence-corrected chi connectivity index (χ0v) is 28.0. The maximum Gasteiger partial charge on any atom is 0.338 e. The second kappa shape index (κ2) is 13.9. The van der Waals surface area contributed by atoms with E-state index < -0.39 is 12.0 Å². The van der Waals surface area contributed by atoms with E-state index in [0.29, 0.717) is 52.0 Å². The van der Waals surface area contributed by atoms with Crippen LogP contribution in [0.4, 0.5) is 0 Å². The van der Waals surface area contributed by atoms with Crippen LogP contribution in [0.5, 0.6) is 5.75 Å². The number of carbonyl (C=O) groups is 1. The summed E-state index contributed by atoms with van der Waals surface area (Å²) in [5, 5.41) is 1.87. The minimum atomic E-state index is -0.824. The van der Waals surface area contributed by atoms with Crippen molar-refractivity contribution < 1.29 is 14.3 Å². The summed E-state index contributed by atoms with van der Waals surface area (Å²) in [5.74, 6) is -0.0556. The molecule has 2 heterocycles. The Bertz CT molecular complexity index is 2160. The third-order valence-electron chi connectivity index (χ3n) is 7.20. The van der Waals surface area contributed by atoms with Crippen molar-refractivity contribution in [2.75, 3.05) is 6.61 Å². The van der Waals surface area contributed by atoms with Gasteiger partial charge in [-0.05, 0) is 66.6 Å². The molecule has 1 aliphatic rings. The van der Waals surface area contributed by atoms with Gasteiger partial charge in [0.25, 0.3) is 5.56 Å². The number of fused-ring (bicyclic) bond motifs is 1. The lowest BCUT2D eigenvalue weighted by molar-refractivity contribution is -0.138. The fourth-order valence-corrected chi connectivity index (χ4v) is 6.72. The molecule has 0 bridgehead atoms. The SMILES string of the molecule is CCOC(=O)C1=C(c2ccccc2)N=c2s/c(=C\c3cc(Cl)ccc3OCc3ccc(Cl)c(Cl)c3)c(=O)n2[C@H]1c1ccc(Cl)cc1. The van der Waals surface area contributed by atoms with Crippen LogP contribution in [0.25, 0.3) is 11.8 Å². The summed E-state index contributed by atoms with van der Waals surface area (Å²) in [6.07, 6.45) is 1.72. The van der Waals surface area contributed by atoms with E-state index >= 15 is 0 Å². The number of rotatable bonds is 8. The van der Waals surface area contributed by atoms with Gasteiger partial charge in [-0.2, -0.15) is 0 Å². The Morgan fingerprint density at radius 1 is 0.913 bits per heavy atom. The highest BCUT2D eigenvalue weighted by atomic mass is 35.5. The maximum absolute atomic E-state index is 14.3. The number of carbonyl (C=O) groups excluding carboxylic acids is 1. The van der Waals surface area contributed by atoms with Crippen LogP contribution in [0, 0.1) is 0 Å². The van der Waals surface area contributed by atoms with Gasteiger partial charge in [-0.25, -0.2) is 9.79 Å². The van der Waals surface area contributed by atoms with E-state index in [2.05, 4.69) is 0 Å². The first-order valence-electron chi connectivity index (χ1n) is 14.1. The van der Waals surface area contributed by atoms with Gasteiger partial charge in [-0.3, -0.25) is 9.36 Å². The average Bonchev–Trinajstić information content (AvgIpc) is 3.36. The van der Waals surface area contributed by atoms with Crippen molar-refractivity contribution in [3.8, 4) is 5.75 Å². The fraction of sp³-hybridized carbons (Fsp3) is 0.114. The topological polar surface area (TPSA) is 69.9 Å². The summed E-state index contributed by atoms with van der Waals surface area (Å²) in [6, 6.07) is 26.0. The number of nitrogens with zero attached hydrogens (tertiary/aromatic N) is 2. The summed E-state index contributed by atoms with van der Waals surface area (Å²) < 4.78 is 13.6. The van der Waals surface area contributed by atoms with Gasteiger partial charge >= 0.3 is 5.97 Å². The third-order valence-corrected chi connectivity index (χ3v) is 9.41. The second-order valence-electron chi connectivity index (χ2n) is 10.2. The molecule has 46 heavy (non-hydrogen) atoms. The lowest BCUT2D eigenvalue weighted by atomic mass is 9.93. The van der Waals surface area contributed by atoms with Crippen LogP contribution in [0.15, 0.2) is 106 Å². The molecule has 4 aromatic carbocycles. The molecule has 6 rings (SSSR count). The van der Waals surface area contributed by atoms with E-state index in [1.165, 1.54) is 15.9 Å². The molecule has 232 valence electrons. The Balaban J connectivity index is 1.52. The quantitative estimate of drug-likeness (QED) is 0.153. The van der Waals surface area contributed by atoms with Gasteiger partial charge in [0, 0.05) is 21.2 Å². The van der Waals surface area contributed by atoms with E-state index in [-0.39, 0.29) is 24.3 Å². The first-order chi connectivity index (χ1) is 22.2. The van der Waals surface area contributed by atoms with E-state index in [1.807, 2.05) is 36.4 Å². The molecular formula is C35H24Cl4N2O4S. The minimum Gasteiger partial charge on any atom is -0.488 e. The highest BCUT2D eigenvalue weighted by Gasteiger charge is 2.35. The monoisotopic (exact) mass is 708 g/mol. The Hall–Kier alpha value is -3.85. The molecular weight excluding hydrogens is 686 g/mol. The van der Waals surface area contributed by atoms with Gasteiger partial charge in [0.05, 0.1) is 38.5 Å². The number of thiazole rings is 1. The summed E-state index contributed by atoms with van der Waals surface area (Å²) in [4.78, 5) is 33.2. The first kappa shape index (κ1) is 32.1. The number of halogens is 4. The number of ether oxygens (including phenoxy) is 2. The highest BCUT2D eigenvalue weighted by molar-refractivity contribution is 7.07. The van der Waals surface area contributed by atoms with Crippen molar-refractivity contribution in [1.82, 2.24) is 4.57 Å². The molecule has 0 N–H and O–H groups in total. The Morgan fingerprint density at radius 2 is 1.65 bits per heavy atom. The molecule has 0 saturated heterocycles. The summed E-state index contributed by atoms with van der Waals surface area (Å²) in [5.41, 5.74) is 3.15. The maximum atomic E-state index is 14.3. The van der Waals surface area contributed by atoms with Crippen LogP contribution in [0.3, 0.4) is 0 Å². The number of hydrogen-bond donors (Lipinski definition) is 0. The molecule has 1 aliphatic heterocycles. The number of esters is 1. The highest BCUT2D eigenvalue weighted by Crippen LogP contribution is 2.35. The largest absolute Gasteiger partial charge is 0.488 e. The predicted molar refractivity (Wildman–Crippen MR) is 185 cm³/mol. The van der Waals surface area contributed by atoms with E-state index in [9.17, 15) is 9.59 Å². The van der Waals surface area contributed by atoms with Crippen LogP contribution in [0.1, 0.15) is 35.2 Å². The average molecular weight is 710 g/mol. The fourth-order valence-electron chi connectivity index (χ4n) is 5.10. The Kier molecular flexibility index (Phi) is 9.68. The van der Waals surface area contributed by atoms with Gasteiger partial charge in [0.2, 0.25) is 0 Å². The lowest BCUT2D eigenvalue weighted by Gasteiger charge is -2.25. The van der Waals surface area contributed by atoms with Crippen molar-refractivity contribution in [2.45, 2.75) is 19.6 Å². The Labute approximate surface area is 288 Å². The minimum absolute atomic E-state index is 0.155. The number of hydrogen-bond acceptors (Lipinski definition) is 6. The number of aromatic nitrogens is 1. The molecule has 0 spiro atoms. The van der Waals surface area contributed by atoms with Gasteiger partial charge in [-0.15, -0.1) is 0 Å². The third kappa shape index (κ3) is 6.66. The standard InChI is InChI=1S/C35H24Cl4N2O4S/c1-2-44-34(43)30-31(21-6-4-3-5-7-21)40-35-41(32(30)22-9-11-24(36)12-10-22)33(42)29(46-35)18-23-17-25(37)13-15-28(23)45-19-20-8-14-26(38)27(39)16-20/h3-18,32H,2,19H2,1H3/b29-18-/t32-/m0/s1. The molecule has 0 amide bonds. The zero-order valence-electron chi connectivity index (χ0n) is 24.2. The molecule has 6 nitrogen and oxygen atoms in total. The van der Waals surface area contributed by atoms with Gasteiger partial charge < -0.3 is 9.47 Å². The molecule has 0 saturated carbocycles. The smallest absolute Gasteiger partial charge is 0.338 e. The Morgan fingerprint density at radius 3 is 2.37 bits per heavy atom. The normalized spacial score (nSPS) is 14.5. The molecule has 11 heteroatoms. The van der Waals surface area contributed by atoms with Crippen molar-refractivity contribution in [2.24, 2.45) is 4.99 Å². The molecule has 5 aromatic rings. The van der Waals surface area contributed by atoms with Crippen LogP contribution in [-0.4, -0.2) is 17.1 Å². The van der Waals surface area contributed by atoms with Gasteiger partial charge in [0.15, 0.2) is 4.80 Å². The first-order valence-corrected chi connectivity index (χ1v) is 16.5. The molecule has 0 aliphatic carbocycles. The number of benzene rings is 4. The van der Waals surface area contributed by atoms with E-state index in [1.54, 1.807) is 67.6 Å². The molecule has 0 radical (unpaired) electrons. The van der Waals surface area contributed by atoms with Crippen LogP contribution in [-0.2, 0) is 16.1 Å². The van der Waals surface area contributed by atoms with Crippen molar-refractivity contribution in [3.05, 3.63) is 159 Å². The van der Waals surface area contributed by atoms with E-state index in [4.69, 9.17) is 60.9 Å². The zero-order chi connectivity index (χ0) is 32.4. The molecule has 1 aromatic heterocycles. The van der Waals surface area contributed by atoms with E-state index in [0.717, 1.165) is 11.1 Å². The van der Waals surface area contributed by atoms with Crippen molar-refractivity contribution in [1.29, 1.82) is 0 Å². The second-order valence-corrected chi connectivity index (χ2v) is 12.9.